The average molecular weight is 309 g/mol. The van der Waals surface area contributed by atoms with Crippen molar-refractivity contribution in [3.63, 3.8) is 0 Å². The largest absolute Gasteiger partial charge is 0.313 e. The van der Waals surface area contributed by atoms with Gasteiger partial charge in [-0.25, -0.2) is 0 Å². The molecule has 0 amide bonds. The van der Waals surface area contributed by atoms with Crippen molar-refractivity contribution >= 4 is 15.9 Å². The van der Waals surface area contributed by atoms with Gasteiger partial charge in [0.05, 0.1) is 5.69 Å². The molecule has 1 N–H and O–H groups in total. The third kappa shape index (κ3) is 2.97. The monoisotopic (exact) mass is 308 g/mol. The third-order valence-corrected chi connectivity index (χ3v) is 3.45. The van der Waals surface area contributed by atoms with Crippen LogP contribution in [0.2, 0.25) is 0 Å². The number of hydrogen-bond acceptors (Lipinski definition) is 3. The van der Waals surface area contributed by atoms with Gasteiger partial charge < -0.3 is 5.32 Å². The van der Waals surface area contributed by atoms with Crippen molar-refractivity contribution in [1.29, 1.82) is 0 Å². The van der Waals surface area contributed by atoms with Gasteiger partial charge in [-0.1, -0.05) is 0 Å². The lowest BCUT2D eigenvalue weighted by Crippen LogP contribution is -2.19. The Kier molecular flexibility index (Phi) is 4.14. The first-order chi connectivity index (χ1) is 8.60. The van der Waals surface area contributed by atoms with Crippen molar-refractivity contribution in [3.05, 3.63) is 46.0 Å². The van der Waals surface area contributed by atoms with Gasteiger partial charge in [0, 0.05) is 47.6 Å². The predicted octanol–water partition coefficient (Wildman–Crippen LogP) is 2.39. The molecule has 0 saturated heterocycles. The van der Waals surface area contributed by atoms with E-state index in [0.717, 1.165) is 22.3 Å². The van der Waals surface area contributed by atoms with Crippen LogP contribution >= 0.6 is 15.9 Å². The standard InChI is InChI=1S/C13H17BrN4/c1-9-12(8-18(3)17-9)13(15-2)6-11-5-4-10(14)7-16-11/h4-5,7-8,13,15H,6H2,1-3H3. The molecule has 1 unspecified atom stereocenters. The molecule has 2 aromatic heterocycles. The Hall–Kier alpha value is -1.20. The molecular formula is C13H17BrN4. The summed E-state index contributed by atoms with van der Waals surface area (Å²) in [7, 11) is 3.91. The van der Waals surface area contributed by atoms with Crippen LogP contribution in [0.4, 0.5) is 0 Å². The lowest BCUT2D eigenvalue weighted by molar-refractivity contribution is 0.581. The van der Waals surface area contributed by atoms with Gasteiger partial charge in [-0.2, -0.15) is 5.10 Å². The van der Waals surface area contributed by atoms with E-state index in [-0.39, 0.29) is 6.04 Å². The molecule has 2 heterocycles. The maximum Gasteiger partial charge on any atom is 0.0641 e. The van der Waals surface area contributed by atoms with E-state index < -0.39 is 0 Å². The highest BCUT2D eigenvalue weighted by Gasteiger charge is 2.15. The number of nitrogens with one attached hydrogen (secondary N) is 1. The number of aromatic nitrogens is 3. The van der Waals surface area contributed by atoms with E-state index >= 15 is 0 Å². The second-order valence-electron chi connectivity index (χ2n) is 4.36. The minimum absolute atomic E-state index is 0.243. The summed E-state index contributed by atoms with van der Waals surface area (Å²) in [6.45, 7) is 2.04. The lowest BCUT2D eigenvalue weighted by Gasteiger charge is -2.15. The van der Waals surface area contributed by atoms with Crippen LogP contribution in [0.15, 0.2) is 29.0 Å². The molecule has 0 bridgehead atoms. The Morgan fingerprint density at radius 3 is 2.72 bits per heavy atom. The van der Waals surface area contributed by atoms with Crippen LogP contribution in [0.25, 0.3) is 0 Å². The number of rotatable bonds is 4. The van der Waals surface area contributed by atoms with E-state index in [9.17, 15) is 0 Å². The van der Waals surface area contributed by atoms with Gasteiger partial charge in [0.15, 0.2) is 0 Å². The second kappa shape index (κ2) is 5.63. The summed E-state index contributed by atoms with van der Waals surface area (Å²) in [6.07, 6.45) is 4.75. The molecule has 4 nitrogen and oxygen atoms in total. The number of hydrogen-bond donors (Lipinski definition) is 1. The number of likely N-dealkylation sites (N-methyl/N-ethyl adjacent to an activating group) is 1. The summed E-state index contributed by atoms with van der Waals surface area (Å²) in [6, 6.07) is 4.30. The van der Waals surface area contributed by atoms with Gasteiger partial charge in [0.25, 0.3) is 0 Å². The third-order valence-electron chi connectivity index (χ3n) is 2.98. The Labute approximate surface area is 116 Å². The molecule has 0 radical (unpaired) electrons. The molecule has 0 aliphatic carbocycles. The maximum absolute atomic E-state index is 4.41. The Bertz CT molecular complexity index is 518. The average Bonchev–Trinajstić information content (AvgIpc) is 2.68. The van der Waals surface area contributed by atoms with Crippen LogP contribution in [0.5, 0.6) is 0 Å². The Morgan fingerprint density at radius 2 is 2.22 bits per heavy atom. The quantitative estimate of drug-likeness (QED) is 0.943. The van der Waals surface area contributed by atoms with Gasteiger partial charge in [-0.05, 0) is 42.0 Å². The van der Waals surface area contributed by atoms with E-state index in [1.165, 1.54) is 5.56 Å². The summed E-state index contributed by atoms with van der Waals surface area (Å²) >= 11 is 3.40. The SMILES string of the molecule is CNC(Cc1ccc(Br)cn1)c1cn(C)nc1C. The van der Waals surface area contributed by atoms with Gasteiger partial charge in [0.2, 0.25) is 0 Å². The minimum atomic E-state index is 0.243. The summed E-state index contributed by atoms with van der Waals surface area (Å²) < 4.78 is 2.86. The molecule has 96 valence electrons. The highest BCUT2D eigenvalue weighted by Crippen LogP contribution is 2.20. The van der Waals surface area contributed by atoms with Crippen molar-refractivity contribution in [1.82, 2.24) is 20.1 Å². The van der Waals surface area contributed by atoms with Crippen LogP contribution in [0, 0.1) is 6.92 Å². The molecule has 1 atom stereocenters. The zero-order chi connectivity index (χ0) is 13.1. The van der Waals surface area contributed by atoms with Gasteiger partial charge in [0.1, 0.15) is 0 Å². The van der Waals surface area contributed by atoms with Crippen molar-refractivity contribution in [3.8, 4) is 0 Å². The molecule has 2 rings (SSSR count). The smallest absolute Gasteiger partial charge is 0.0641 e. The maximum atomic E-state index is 4.41. The van der Waals surface area contributed by atoms with Gasteiger partial charge in [-0.15, -0.1) is 0 Å². The predicted molar refractivity (Wildman–Crippen MR) is 75.4 cm³/mol. The van der Waals surface area contributed by atoms with Crippen molar-refractivity contribution in [2.24, 2.45) is 7.05 Å². The van der Waals surface area contributed by atoms with Crippen LogP contribution in [-0.2, 0) is 13.5 Å². The highest BCUT2D eigenvalue weighted by atomic mass is 79.9. The van der Waals surface area contributed by atoms with Crippen molar-refractivity contribution in [2.45, 2.75) is 19.4 Å². The van der Waals surface area contributed by atoms with Crippen LogP contribution in [0.1, 0.15) is 23.0 Å². The molecule has 0 aliphatic rings. The summed E-state index contributed by atoms with van der Waals surface area (Å²) in [5.74, 6) is 0. The van der Waals surface area contributed by atoms with Crippen LogP contribution in [0.3, 0.4) is 0 Å². The van der Waals surface area contributed by atoms with Crippen LogP contribution in [-0.4, -0.2) is 21.8 Å². The molecular weight excluding hydrogens is 292 g/mol. The fourth-order valence-corrected chi connectivity index (χ4v) is 2.30. The number of halogens is 1. The van der Waals surface area contributed by atoms with Crippen LogP contribution < -0.4 is 5.32 Å². The molecule has 0 saturated carbocycles. The van der Waals surface area contributed by atoms with Crippen molar-refractivity contribution < 1.29 is 0 Å². The van der Waals surface area contributed by atoms with E-state index in [1.807, 2.05) is 44.0 Å². The van der Waals surface area contributed by atoms with Gasteiger partial charge in [-0.3, -0.25) is 9.67 Å². The second-order valence-corrected chi connectivity index (χ2v) is 5.27. The number of nitrogens with zero attached hydrogens (tertiary/aromatic N) is 3. The first-order valence-electron chi connectivity index (χ1n) is 5.88. The first kappa shape index (κ1) is 13.2. The Morgan fingerprint density at radius 1 is 1.44 bits per heavy atom. The van der Waals surface area contributed by atoms with E-state index in [1.54, 1.807) is 0 Å². The Balaban J connectivity index is 2.19. The normalized spacial score (nSPS) is 12.7. The number of aryl methyl sites for hydroxylation is 2. The van der Waals surface area contributed by atoms with E-state index in [0.29, 0.717) is 0 Å². The molecule has 0 fully saturated rings. The molecule has 5 heteroatoms. The zero-order valence-electron chi connectivity index (χ0n) is 10.8. The molecule has 0 aromatic carbocycles. The molecule has 18 heavy (non-hydrogen) atoms. The zero-order valence-corrected chi connectivity index (χ0v) is 12.4. The molecule has 0 spiro atoms. The fourth-order valence-electron chi connectivity index (χ4n) is 2.06. The highest BCUT2D eigenvalue weighted by molar-refractivity contribution is 9.10. The number of pyridine rings is 1. The summed E-state index contributed by atoms with van der Waals surface area (Å²) in [4.78, 5) is 4.41. The van der Waals surface area contributed by atoms with Crippen molar-refractivity contribution in [2.75, 3.05) is 7.05 Å². The summed E-state index contributed by atoms with van der Waals surface area (Å²) in [5, 5.41) is 7.71. The van der Waals surface area contributed by atoms with Gasteiger partial charge >= 0.3 is 0 Å². The lowest BCUT2D eigenvalue weighted by atomic mass is 10.0. The van der Waals surface area contributed by atoms with E-state index in [2.05, 4.69) is 37.5 Å². The summed E-state index contributed by atoms with van der Waals surface area (Å²) in [5.41, 5.74) is 3.36. The van der Waals surface area contributed by atoms with E-state index in [4.69, 9.17) is 0 Å². The molecule has 2 aromatic rings. The molecule has 0 aliphatic heterocycles. The fraction of sp³-hybridized carbons (Fsp3) is 0.385. The minimum Gasteiger partial charge on any atom is -0.313 e. The first-order valence-corrected chi connectivity index (χ1v) is 6.67. The topological polar surface area (TPSA) is 42.7 Å².